The van der Waals surface area contributed by atoms with Gasteiger partial charge in [0.1, 0.15) is 10.6 Å². The predicted molar refractivity (Wildman–Crippen MR) is 110 cm³/mol. The summed E-state index contributed by atoms with van der Waals surface area (Å²) in [4.78, 5) is 15.5. The number of hydrazone groups is 1. The molecular formula is C21H17N3O3S. The second-order valence-electron chi connectivity index (χ2n) is 6.41. The highest BCUT2D eigenvalue weighted by molar-refractivity contribution is 7.91. The van der Waals surface area contributed by atoms with E-state index in [1.54, 1.807) is 30.5 Å². The molecule has 0 aliphatic rings. The van der Waals surface area contributed by atoms with Crippen LogP contribution in [0.15, 0.2) is 76.7 Å². The zero-order valence-electron chi connectivity index (χ0n) is 15.0. The fourth-order valence-corrected chi connectivity index (χ4v) is 4.33. The molecule has 0 aliphatic carbocycles. The molecule has 3 aromatic carbocycles. The number of nitrogens with one attached hydrogen (secondary N) is 2. The van der Waals surface area contributed by atoms with Crippen LogP contribution in [0, 0.1) is 0 Å². The molecule has 1 heterocycles. The van der Waals surface area contributed by atoms with Gasteiger partial charge >= 0.3 is 0 Å². The Balaban J connectivity index is 1.67. The average Bonchev–Trinajstić information content (AvgIpc) is 3.08. The van der Waals surface area contributed by atoms with Gasteiger partial charge in [-0.1, -0.05) is 60.7 Å². The molecule has 0 radical (unpaired) electrons. The number of fused-ring (bicyclic) bond motifs is 2. The monoisotopic (exact) mass is 391 g/mol. The van der Waals surface area contributed by atoms with Gasteiger partial charge in [-0.2, -0.15) is 5.10 Å². The highest BCUT2D eigenvalue weighted by atomic mass is 32.2. The largest absolute Gasteiger partial charge is 0.349 e. The van der Waals surface area contributed by atoms with Crippen LogP contribution in [0.1, 0.15) is 16.1 Å². The number of aromatic nitrogens is 1. The Hall–Kier alpha value is -3.45. The second kappa shape index (κ2) is 6.94. The van der Waals surface area contributed by atoms with Crippen LogP contribution in [-0.4, -0.2) is 31.8 Å². The third-order valence-corrected chi connectivity index (χ3v) is 5.61. The summed E-state index contributed by atoms with van der Waals surface area (Å²) in [5.74, 6) is -0.617. The Morgan fingerprint density at radius 1 is 0.964 bits per heavy atom. The topological polar surface area (TPSA) is 91.4 Å². The first-order valence-electron chi connectivity index (χ1n) is 8.57. The van der Waals surface area contributed by atoms with Gasteiger partial charge in [-0.3, -0.25) is 4.79 Å². The summed E-state index contributed by atoms with van der Waals surface area (Å²) in [6.07, 6.45) is 2.63. The Labute approximate surface area is 161 Å². The third kappa shape index (κ3) is 3.27. The lowest BCUT2D eigenvalue weighted by Crippen LogP contribution is -2.20. The summed E-state index contributed by atoms with van der Waals surface area (Å²) in [7, 11) is -3.61. The number of amides is 1. The van der Waals surface area contributed by atoms with E-state index in [2.05, 4.69) is 15.5 Å². The van der Waals surface area contributed by atoms with Crippen LogP contribution in [0.2, 0.25) is 0 Å². The lowest BCUT2D eigenvalue weighted by molar-refractivity contribution is 0.0947. The fourth-order valence-electron chi connectivity index (χ4n) is 3.24. The van der Waals surface area contributed by atoms with Crippen molar-refractivity contribution >= 4 is 43.6 Å². The van der Waals surface area contributed by atoms with Crippen molar-refractivity contribution in [3.05, 3.63) is 78.0 Å². The highest BCUT2D eigenvalue weighted by Crippen LogP contribution is 2.26. The maximum atomic E-state index is 12.6. The maximum absolute atomic E-state index is 12.6. The number of H-pyrrole nitrogens is 1. The predicted octanol–water partition coefficient (Wildman–Crippen LogP) is 3.49. The highest BCUT2D eigenvalue weighted by Gasteiger charge is 2.24. The van der Waals surface area contributed by atoms with Gasteiger partial charge in [0.2, 0.25) is 0 Å². The van der Waals surface area contributed by atoms with Crippen LogP contribution in [0.25, 0.3) is 21.7 Å². The first-order chi connectivity index (χ1) is 13.4. The van der Waals surface area contributed by atoms with Gasteiger partial charge in [-0.25, -0.2) is 13.8 Å². The molecule has 0 unspecified atom stereocenters. The minimum absolute atomic E-state index is 0.0269. The van der Waals surface area contributed by atoms with Crippen LogP contribution < -0.4 is 5.43 Å². The number of para-hydroxylation sites is 1. The molecular weight excluding hydrogens is 374 g/mol. The summed E-state index contributed by atoms with van der Waals surface area (Å²) < 4.78 is 24.5. The summed E-state index contributed by atoms with van der Waals surface area (Å²) in [6.45, 7) is 0. The number of carbonyl (C=O) groups excluding carboxylic acids is 1. The van der Waals surface area contributed by atoms with Crippen LogP contribution >= 0.6 is 0 Å². The van der Waals surface area contributed by atoms with Crippen molar-refractivity contribution in [3.63, 3.8) is 0 Å². The lowest BCUT2D eigenvalue weighted by Gasteiger charge is -2.03. The molecule has 0 saturated carbocycles. The van der Waals surface area contributed by atoms with Crippen molar-refractivity contribution in [1.29, 1.82) is 0 Å². The minimum atomic E-state index is -3.61. The van der Waals surface area contributed by atoms with Crippen molar-refractivity contribution in [2.24, 2.45) is 5.10 Å². The van der Waals surface area contributed by atoms with Crippen LogP contribution in [0.4, 0.5) is 0 Å². The number of hydrogen-bond donors (Lipinski definition) is 2. The number of aromatic amines is 1. The van der Waals surface area contributed by atoms with Gasteiger partial charge in [0.15, 0.2) is 9.84 Å². The standard InChI is InChI=1S/C21H17N3O3S/c1-28(26,27)20-17-11-4-5-12-18(17)23-19(20)21(25)24-22-13-15-9-6-8-14-7-2-3-10-16(14)15/h2-13,23H,1H3,(H,24,25). The molecule has 6 nitrogen and oxygen atoms in total. The van der Waals surface area contributed by atoms with E-state index >= 15 is 0 Å². The van der Waals surface area contributed by atoms with Crippen LogP contribution in [0.5, 0.6) is 0 Å². The number of sulfone groups is 1. The Morgan fingerprint density at radius 3 is 2.43 bits per heavy atom. The quantitative estimate of drug-likeness (QED) is 0.412. The average molecular weight is 391 g/mol. The molecule has 0 bridgehead atoms. The van der Waals surface area contributed by atoms with Gasteiger partial charge < -0.3 is 4.98 Å². The van der Waals surface area contributed by atoms with E-state index in [1.165, 1.54) is 0 Å². The first kappa shape index (κ1) is 17.9. The van der Waals surface area contributed by atoms with E-state index in [0.717, 1.165) is 22.6 Å². The summed E-state index contributed by atoms with van der Waals surface area (Å²) in [5.41, 5.74) is 3.81. The molecule has 0 atom stereocenters. The van der Waals surface area contributed by atoms with Gasteiger partial charge in [-0.15, -0.1) is 0 Å². The zero-order valence-corrected chi connectivity index (χ0v) is 15.8. The third-order valence-electron chi connectivity index (χ3n) is 4.45. The van der Waals surface area contributed by atoms with E-state index in [0.29, 0.717) is 10.9 Å². The van der Waals surface area contributed by atoms with Crippen LogP contribution in [0.3, 0.4) is 0 Å². The van der Waals surface area contributed by atoms with Gasteiger partial charge in [0, 0.05) is 22.7 Å². The molecule has 0 saturated heterocycles. The maximum Gasteiger partial charge on any atom is 0.289 e. The van der Waals surface area contributed by atoms with Crippen molar-refractivity contribution in [2.45, 2.75) is 4.90 Å². The Bertz CT molecular complexity index is 1330. The molecule has 4 rings (SSSR count). The van der Waals surface area contributed by atoms with Crippen molar-refractivity contribution in [2.75, 3.05) is 6.26 Å². The van der Waals surface area contributed by atoms with Gasteiger partial charge in [-0.05, 0) is 16.8 Å². The van der Waals surface area contributed by atoms with E-state index < -0.39 is 15.7 Å². The summed E-state index contributed by atoms with van der Waals surface area (Å²) >= 11 is 0. The molecule has 4 aromatic rings. The van der Waals surface area contributed by atoms with Crippen molar-refractivity contribution in [1.82, 2.24) is 10.4 Å². The van der Waals surface area contributed by atoms with Crippen molar-refractivity contribution < 1.29 is 13.2 Å². The number of benzene rings is 3. The number of hydrogen-bond acceptors (Lipinski definition) is 4. The van der Waals surface area contributed by atoms with Crippen molar-refractivity contribution in [3.8, 4) is 0 Å². The lowest BCUT2D eigenvalue weighted by atomic mass is 10.1. The molecule has 1 amide bonds. The Kier molecular flexibility index (Phi) is 4.44. The molecule has 1 aromatic heterocycles. The second-order valence-corrected chi connectivity index (χ2v) is 8.37. The molecule has 7 heteroatoms. The fraction of sp³-hybridized carbons (Fsp3) is 0.0476. The molecule has 28 heavy (non-hydrogen) atoms. The number of rotatable bonds is 4. The van der Waals surface area contributed by atoms with Gasteiger partial charge in [0.05, 0.1) is 6.21 Å². The molecule has 2 N–H and O–H groups in total. The molecule has 0 aliphatic heterocycles. The molecule has 140 valence electrons. The number of carbonyl (C=O) groups is 1. The summed E-state index contributed by atoms with van der Waals surface area (Å²) in [6, 6.07) is 20.5. The summed E-state index contributed by atoms with van der Waals surface area (Å²) in [5, 5.41) is 6.57. The smallest absolute Gasteiger partial charge is 0.289 e. The molecule has 0 spiro atoms. The Morgan fingerprint density at radius 2 is 1.64 bits per heavy atom. The zero-order chi connectivity index (χ0) is 19.7. The van der Waals surface area contributed by atoms with Gasteiger partial charge in [0.25, 0.3) is 5.91 Å². The SMILES string of the molecule is CS(=O)(=O)c1c(C(=O)NN=Cc2cccc3ccccc23)[nH]c2ccccc12. The number of nitrogens with zero attached hydrogens (tertiary/aromatic N) is 1. The minimum Gasteiger partial charge on any atom is -0.349 e. The normalized spacial score (nSPS) is 12.0. The van der Waals surface area contributed by atoms with Crippen LogP contribution in [-0.2, 0) is 9.84 Å². The first-order valence-corrected chi connectivity index (χ1v) is 10.5. The van der Waals surface area contributed by atoms with E-state index in [1.807, 2.05) is 42.5 Å². The van der Waals surface area contributed by atoms with E-state index in [4.69, 9.17) is 0 Å². The van der Waals surface area contributed by atoms with E-state index in [-0.39, 0.29) is 10.6 Å². The molecule has 0 fully saturated rings. The van der Waals surface area contributed by atoms with E-state index in [9.17, 15) is 13.2 Å².